The summed E-state index contributed by atoms with van der Waals surface area (Å²) in [5.41, 5.74) is 4.73. The highest BCUT2D eigenvalue weighted by Crippen LogP contribution is 2.40. The second-order valence-corrected chi connectivity index (χ2v) is 8.15. The maximum atomic E-state index is 13.7. The number of halogens is 3. The number of hydrogen-bond donors (Lipinski definition) is 2. The molecule has 0 aliphatic carbocycles. The highest BCUT2D eigenvalue weighted by molar-refractivity contribution is 7.14. The van der Waals surface area contributed by atoms with Gasteiger partial charge in [0.1, 0.15) is 22.4 Å². The number of aliphatic hydroxyl groups is 1. The molecule has 4 rings (SSSR count). The standard InChI is InChI=1S/C20H18F3N3O4S/c1-19(24,9-27)18-26-25-17(31-18)12-3-5-14(13(7-12)20(21,22)23)28-8-11-2-4-15-16(6-11)30-10-29-15/h2-7,27H,8-10,24H2,1H3. The highest BCUT2D eigenvalue weighted by Gasteiger charge is 2.35. The smallest absolute Gasteiger partial charge is 0.419 e. The van der Waals surface area contributed by atoms with Crippen LogP contribution in [0.2, 0.25) is 0 Å². The van der Waals surface area contributed by atoms with E-state index < -0.39 is 17.3 Å². The molecule has 1 aliphatic heterocycles. The first-order valence-corrected chi connectivity index (χ1v) is 9.96. The van der Waals surface area contributed by atoms with E-state index in [-0.39, 0.29) is 36.3 Å². The van der Waals surface area contributed by atoms with Crippen LogP contribution in [0.15, 0.2) is 36.4 Å². The van der Waals surface area contributed by atoms with Crippen molar-refractivity contribution in [3.8, 4) is 27.8 Å². The molecule has 3 aromatic rings. The third kappa shape index (κ3) is 4.43. The Labute approximate surface area is 179 Å². The zero-order valence-corrected chi connectivity index (χ0v) is 17.1. The molecule has 1 aromatic heterocycles. The monoisotopic (exact) mass is 453 g/mol. The fourth-order valence-electron chi connectivity index (χ4n) is 2.84. The molecule has 3 N–H and O–H groups in total. The molecular weight excluding hydrogens is 435 g/mol. The summed E-state index contributed by atoms with van der Waals surface area (Å²) < 4.78 is 57.1. The second-order valence-electron chi connectivity index (χ2n) is 7.17. The number of nitrogens with two attached hydrogens (primary N) is 1. The van der Waals surface area contributed by atoms with Gasteiger partial charge in [-0.3, -0.25) is 0 Å². The minimum absolute atomic E-state index is 0.0793. The Morgan fingerprint density at radius 1 is 1.13 bits per heavy atom. The summed E-state index contributed by atoms with van der Waals surface area (Å²) in [4.78, 5) is 0. The van der Waals surface area contributed by atoms with Gasteiger partial charge in [0, 0.05) is 5.56 Å². The van der Waals surface area contributed by atoms with Gasteiger partial charge in [-0.25, -0.2) is 0 Å². The first-order valence-electron chi connectivity index (χ1n) is 9.14. The number of rotatable bonds is 6. The van der Waals surface area contributed by atoms with Crippen molar-refractivity contribution in [2.24, 2.45) is 5.73 Å². The van der Waals surface area contributed by atoms with Crippen LogP contribution < -0.4 is 19.9 Å². The molecule has 1 unspecified atom stereocenters. The molecule has 7 nitrogen and oxygen atoms in total. The van der Waals surface area contributed by atoms with E-state index in [4.69, 9.17) is 19.9 Å². The van der Waals surface area contributed by atoms with Crippen molar-refractivity contribution in [3.63, 3.8) is 0 Å². The maximum absolute atomic E-state index is 13.7. The van der Waals surface area contributed by atoms with Crippen molar-refractivity contribution >= 4 is 11.3 Å². The van der Waals surface area contributed by atoms with Gasteiger partial charge < -0.3 is 25.1 Å². The molecule has 2 heterocycles. The quantitative estimate of drug-likeness (QED) is 0.587. The summed E-state index contributed by atoms with van der Waals surface area (Å²) >= 11 is 1.02. The van der Waals surface area contributed by atoms with Crippen molar-refractivity contribution in [3.05, 3.63) is 52.5 Å². The van der Waals surface area contributed by atoms with Crippen LogP contribution in [0.5, 0.6) is 17.2 Å². The van der Waals surface area contributed by atoms with Crippen LogP contribution in [0.3, 0.4) is 0 Å². The number of fused-ring (bicyclic) bond motifs is 1. The fourth-order valence-corrected chi connectivity index (χ4v) is 3.73. The van der Waals surface area contributed by atoms with Gasteiger partial charge in [0.15, 0.2) is 11.5 Å². The van der Waals surface area contributed by atoms with E-state index in [1.165, 1.54) is 12.1 Å². The van der Waals surface area contributed by atoms with E-state index >= 15 is 0 Å². The molecule has 1 aliphatic rings. The van der Waals surface area contributed by atoms with Gasteiger partial charge in [-0.15, -0.1) is 10.2 Å². The van der Waals surface area contributed by atoms with Crippen molar-refractivity contribution in [1.29, 1.82) is 0 Å². The van der Waals surface area contributed by atoms with Gasteiger partial charge in [0.2, 0.25) is 6.79 Å². The van der Waals surface area contributed by atoms with E-state index in [1.807, 2.05) is 0 Å². The molecule has 0 saturated carbocycles. The van der Waals surface area contributed by atoms with Crippen LogP contribution in [0, 0.1) is 0 Å². The van der Waals surface area contributed by atoms with Crippen LogP contribution >= 0.6 is 11.3 Å². The lowest BCUT2D eigenvalue weighted by molar-refractivity contribution is -0.139. The number of ether oxygens (including phenoxy) is 3. The predicted octanol–water partition coefficient (Wildman–Crippen LogP) is 3.70. The molecule has 0 fully saturated rings. The molecule has 0 radical (unpaired) electrons. The fraction of sp³-hybridized carbons (Fsp3) is 0.300. The molecule has 1 atom stereocenters. The second kappa shape index (κ2) is 7.98. The Bertz CT molecular complexity index is 1100. The third-order valence-corrected chi connectivity index (χ3v) is 5.86. The summed E-state index contributed by atoms with van der Waals surface area (Å²) in [5.74, 6) is 0.794. The van der Waals surface area contributed by atoms with E-state index in [0.717, 1.165) is 17.4 Å². The largest absolute Gasteiger partial charge is 0.488 e. The zero-order chi connectivity index (χ0) is 22.2. The summed E-state index contributed by atoms with van der Waals surface area (Å²) in [6, 6.07) is 8.73. The highest BCUT2D eigenvalue weighted by atomic mass is 32.1. The number of aliphatic hydroxyl groups excluding tert-OH is 1. The predicted molar refractivity (Wildman–Crippen MR) is 106 cm³/mol. The van der Waals surface area contributed by atoms with Gasteiger partial charge in [-0.2, -0.15) is 13.2 Å². The van der Waals surface area contributed by atoms with Crippen LogP contribution in [0.1, 0.15) is 23.1 Å². The number of alkyl halides is 3. The molecule has 11 heteroatoms. The molecule has 0 saturated heterocycles. The average molecular weight is 453 g/mol. The summed E-state index contributed by atoms with van der Waals surface area (Å²) in [5, 5.41) is 17.8. The maximum Gasteiger partial charge on any atom is 0.419 e. The minimum Gasteiger partial charge on any atom is -0.488 e. The molecule has 2 aromatic carbocycles. The lowest BCUT2D eigenvalue weighted by atomic mass is 10.1. The van der Waals surface area contributed by atoms with Crippen molar-refractivity contribution in [1.82, 2.24) is 10.2 Å². The summed E-state index contributed by atoms with van der Waals surface area (Å²) in [6.45, 7) is 1.21. The molecule has 0 spiro atoms. The van der Waals surface area contributed by atoms with E-state index in [9.17, 15) is 18.3 Å². The van der Waals surface area contributed by atoms with Gasteiger partial charge in [0.05, 0.1) is 17.7 Å². The Morgan fingerprint density at radius 2 is 1.90 bits per heavy atom. The zero-order valence-electron chi connectivity index (χ0n) is 16.3. The first-order chi connectivity index (χ1) is 14.7. The summed E-state index contributed by atoms with van der Waals surface area (Å²) in [6.07, 6.45) is -4.64. The van der Waals surface area contributed by atoms with Crippen LogP contribution in [0.25, 0.3) is 10.6 Å². The molecule has 0 bridgehead atoms. The molecular formula is C20H18F3N3O4S. The van der Waals surface area contributed by atoms with Crippen LogP contribution in [-0.2, 0) is 18.3 Å². The lowest BCUT2D eigenvalue weighted by Crippen LogP contribution is -2.36. The SMILES string of the molecule is CC(N)(CO)c1nnc(-c2ccc(OCc3ccc4c(c3)OCO4)c(C(F)(F)F)c2)s1. The van der Waals surface area contributed by atoms with Crippen molar-refractivity contribution in [2.45, 2.75) is 25.2 Å². The Hall–Kier alpha value is -2.89. The Balaban J connectivity index is 1.59. The third-order valence-electron chi connectivity index (χ3n) is 4.61. The van der Waals surface area contributed by atoms with E-state index in [0.29, 0.717) is 22.1 Å². The van der Waals surface area contributed by atoms with Gasteiger partial charge in [0.25, 0.3) is 0 Å². The first kappa shape index (κ1) is 21.3. The number of hydrogen-bond acceptors (Lipinski definition) is 8. The van der Waals surface area contributed by atoms with Gasteiger partial charge >= 0.3 is 6.18 Å². The number of benzene rings is 2. The van der Waals surface area contributed by atoms with E-state index in [1.54, 1.807) is 25.1 Å². The van der Waals surface area contributed by atoms with Crippen molar-refractivity contribution in [2.75, 3.05) is 13.4 Å². The van der Waals surface area contributed by atoms with Crippen LogP contribution in [0.4, 0.5) is 13.2 Å². The minimum atomic E-state index is -4.64. The molecule has 0 amide bonds. The normalized spacial score (nSPS) is 15.0. The Morgan fingerprint density at radius 3 is 2.65 bits per heavy atom. The van der Waals surface area contributed by atoms with Gasteiger partial charge in [-0.1, -0.05) is 17.4 Å². The molecule has 31 heavy (non-hydrogen) atoms. The molecule has 164 valence electrons. The van der Waals surface area contributed by atoms with Gasteiger partial charge in [-0.05, 0) is 42.8 Å². The average Bonchev–Trinajstić information content (AvgIpc) is 3.41. The number of aromatic nitrogens is 2. The Kier molecular flexibility index (Phi) is 5.50. The van der Waals surface area contributed by atoms with Crippen molar-refractivity contribution < 1.29 is 32.5 Å². The van der Waals surface area contributed by atoms with E-state index in [2.05, 4.69) is 10.2 Å². The summed E-state index contributed by atoms with van der Waals surface area (Å²) in [7, 11) is 0. The topological polar surface area (TPSA) is 99.7 Å². The van der Waals surface area contributed by atoms with Crippen LogP contribution in [-0.4, -0.2) is 28.7 Å². The lowest BCUT2D eigenvalue weighted by Gasteiger charge is -2.17. The number of nitrogens with zero attached hydrogens (tertiary/aromatic N) is 2.